The lowest BCUT2D eigenvalue weighted by Gasteiger charge is -2.40. The Morgan fingerprint density at radius 3 is 2.47 bits per heavy atom. The van der Waals surface area contributed by atoms with Crippen LogP contribution in [0.25, 0.3) is 0 Å². The molecule has 0 saturated carbocycles. The molecule has 0 aromatic rings. The lowest BCUT2D eigenvalue weighted by Crippen LogP contribution is -2.51. The maximum Gasteiger partial charge on any atom is 0.0600 e. The van der Waals surface area contributed by atoms with E-state index < -0.39 is 0 Å². The van der Waals surface area contributed by atoms with Crippen LogP contribution in [0.15, 0.2) is 0 Å². The molecule has 0 aromatic carbocycles. The topological polar surface area (TPSA) is 26.7 Å². The second-order valence-corrected chi connectivity index (χ2v) is 6.51. The van der Waals surface area contributed by atoms with E-state index in [-0.39, 0.29) is 11.5 Å². The zero-order valence-corrected chi connectivity index (χ0v) is 12.2. The van der Waals surface area contributed by atoms with Gasteiger partial charge in [0.15, 0.2) is 0 Å². The lowest BCUT2D eigenvalue weighted by molar-refractivity contribution is 0.0317. The van der Waals surface area contributed by atoms with Crippen molar-refractivity contribution in [2.24, 2.45) is 5.41 Å². The summed E-state index contributed by atoms with van der Waals surface area (Å²) in [5, 5.41) is 10.1. The molecule has 1 fully saturated rings. The number of nitrogens with zero attached hydrogens (tertiary/aromatic N) is 2. The van der Waals surface area contributed by atoms with Crippen molar-refractivity contribution in [3.05, 3.63) is 0 Å². The monoisotopic (exact) mass is 242 g/mol. The van der Waals surface area contributed by atoms with E-state index in [9.17, 15) is 5.11 Å². The molecular formula is C14H30N2O. The Labute approximate surface area is 107 Å². The van der Waals surface area contributed by atoms with Crippen LogP contribution in [0.3, 0.4) is 0 Å². The van der Waals surface area contributed by atoms with Gasteiger partial charge in [-0.25, -0.2) is 0 Å². The molecular weight excluding hydrogens is 212 g/mol. The Bertz CT molecular complexity index is 225. The lowest BCUT2D eigenvalue weighted by atomic mass is 9.87. The van der Waals surface area contributed by atoms with E-state index in [1.54, 1.807) is 0 Å². The van der Waals surface area contributed by atoms with Crippen LogP contribution in [0.1, 0.15) is 40.5 Å². The van der Waals surface area contributed by atoms with E-state index in [2.05, 4.69) is 44.5 Å². The van der Waals surface area contributed by atoms with Gasteiger partial charge < -0.3 is 14.9 Å². The summed E-state index contributed by atoms with van der Waals surface area (Å²) in [6.45, 7) is 13.1. The van der Waals surface area contributed by atoms with Crippen LogP contribution < -0.4 is 0 Å². The first-order valence-electron chi connectivity index (χ1n) is 6.95. The van der Waals surface area contributed by atoms with Crippen LogP contribution in [0.5, 0.6) is 0 Å². The molecule has 2 unspecified atom stereocenters. The first-order chi connectivity index (χ1) is 7.84. The summed E-state index contributed by atoms with van der Waals surface area (Å²) in [7, 11) is 2.22. The molecule has 0 spiro atoms. The van der Waals surface area contributed by atoms with Crippen molar-refractivity contribution < 1.29 is 5.11 Å². The Hall–Kier alpha value is -0.120. The van der Waals surface area contributed by atoms with Crippen LogP contribution in [0.2, 0.25) is 0 Å². The third-order valence-corrected chi connectivity index (χ3v) is 4.05. The molecule has 0 aliphatic carbocycles. The number of aliphatic hydroxyl groups excluding tert-OH is 1. The van der Waals surface area contributed by atoms with Gasteiger partial charge in [0.05, 0.1) is 6.10 Å². The Morgan fingerprint density at radius 2 is 1.94 bits per heavy atom. The summed E-state index contributed by atoms with van der Waals surface area (Å²) in [5.41, 5.74) is 0.0107. The van der Waals surface area contributed by atoms with Gasteiger partial charge in [-0.1, -0.05) is 27.7 Å². The fourth-order valence-corrected chi connectivity index (χ4v) is 2.39. The van der Waals surface area contributed by atoms with E-state index in [1.165, 1.54) is 6.42 Å². The SMILES string of the molecule is CCC1CN(CCC(O)C(C)(C)C)CCN1C. The zero-order chi connectivity index (χ0) is 13.1. The fourth-order valence-electron chi connectivity index (χ4n) is 2.39. The van der Waals surface area contributed by atoms with Crippen molar-refractivity contribution in [2.75, 3.05) is 33.2 Å². The quantitative estimate of drug-likeness (QED) is 0.814. The number of hydrogen-bond donors (Lipinski definition) is 1. The largest absolute Gasteiger partial charge is 0.393 e. The van der Waals surface area contributed by atoms with Crippen molar-refractivity contribution in [3.8, 4) is 0 Å². The number of piperazine rings is 1. The first kappa shape index (κ1) is 14.9. The molecule has 0 aromatic heterocycles. The highest BCUT2D eigenvalue weighted by Crippen LogP contribution is 2.22. The third kappa shape index (κ3) is 4.57. The van der Waals surface area contributed by atoms with Gasteiger partial charge in [-0.2, -0.15) is 0 Å². The summed E-state index contributed by atoms with van der Waals surface area (Å²) in [5.74, 6) is 0. The zero-order valence-electron chi connectivity index (χ0n) is 12.2. The number of hydrogen-bond acceptors (Lipinski definition) is 3. The maximum atomic E-state index is 10.1. The van der Waals surface area contributed by atoms with Crippen molar-refractivity contribution in [3.63, 3.8) is 0 Å². The minimum absolute atomic E-state index is 0.0107. The van der Waals surface area contributed by atoms with Crippen molar-refractivity contribution in [1.82, 2.24) is 9.80 Å². The van der Waals surface area contributed by atoms with Gasteiger partial charge >= 0.3 is 0 Å². The molecule has 1 aliphatic heterocycles. The molecule has 1 heterocycles. The van der Waals surface area contributed by atoms with E-state index in [0.717, 1.165) is 32.6 Å². The van der Waals surface area contributed by atoms with Crippen LogP contribution in [-0.2, 0) is 0 Å². The van der Waals surface area contributed by atoms with Gasteiger partial charge in [0.2, 0.25) is 0 Å². The van der Waals surface area contributed by atoms with Gasteiger partial charge in [-0.15, -0.1) is 0 Å². The van der Waals surface area contributed by atoms with Crippen molar-refractivity contribution in [2.45, 2.75) is 52.7 Å². The van der Waals surface area contributed by atoms with Crippen LogP contribution in [-0.4, -0.2) is 60.3 Å². The summed E-state index contributed by atoms with van der Waals surface area (Å²) in [4.78, 5) is 4.96. The average molecular weight is 242 g/mol. The Kier molecular flexibility index (Phi) is 5.42. The van der Waals surface area contributed by atoms with Gasteiger partial charge in [-0.05, 0) is 25.3 Å². The van der Waals surface area contributed by atoms with Crippen LogP contribution >= 0.6 is 0 Å². The van der Waals surface area contributed by atoms with Crippen molar-refractivity contribution >= 4 is 0 Å². The second-order valence-electron chi connectivity index (χ2n) is 6.51. The molecule has 1 aliphatic rings. The molecule has 2 atom stereocenters. The molecule has 1 saturated heterocycles. The minimum atomic E-state index is -0.192. The van der Waals surface area contributed by atoms with E-state index in [0.29, 0.717) is 6.04 Å². The van der Waals surface area contributed by atoms with Gasteiger partial charge in [-0.3, -0.25) is 0 Å². The number of aliphatic hydroxyl groups is 1. The molecule has 17 heavy (non-hydrogen) atoms. The predicted molar refractivity (Wildman–Crippen MR) is 73.2 cm³/mol. The molecule has 3 heteroatoms. The molecule has 102 valence electrons. The molecule has 1 N–H and O–H groups in total. The van der Waals surface area contributed by atoms with Gasteiger partial charge in [0.1, 0.15) is 0 Å². The standard InChI is InChI=1S/C14H30N2O/c1-6-12-11-16(10-9-15(12)5)8-7-13(17)14(2,3)4/h12-13,17H,6-11H2,1-5H3. The summed E-state index contributed by atoms with van der Waals surface area (Å²) in [6, 6.07) is 0.690. The van der Waals surface area contributed by atoms with Gasteiger partial charge in [0, 0.05) is 32.2 Å². The number of rotatable bonds is 4. The second kappa shape index (κ2) is 6.17. The normalized spacial score (nSPS) is 26.1. The average Bonchev–Trinajstić information content (AvgIpc) is 2.26. The third-order valence-electron chi connectivity index (χ3n) is 4.05. The van der Waals surface area contributed by atoms with E-state index in [4.69, 9.17) is 0 Å². The van der Waals surface area contributed by atoms with Crippen LogP contribution in [0, 0.1) is 5.41 Å². The summed E-state index contributed by atoms with van der Waals surface area (Å²) in [6.07, 6.45) is 1.92. The highest BCUT2D eigenvalue weighted by Gasteiger charge is 2.26. The minimum Gasteiger partial charge on any atom is -0.393 e. The first-order valence-corrected chi connectivity index (χ1v) is 6.95. The highest BCUT2D eigenvalue weighted by molar-refractivity contribution is 4.81. The van der Waals surface area contributed by atoms with Crippen LogP contribution in [0.4, 0.5) is 0 Å². The summed E-state index contributed by atoms with van der Waals surface area (Å²) < 4.78 is 0. The Balaban J connectivity index is 2.33. The van der Waals surface area contributed by atoms with Crippen molar-refractivity contribution in [1.29, 1.82) is 0 Å². The number of likely N-dealkylation sites (N-methyl/N-ethyl adjacent to an activating group) is 1. The maximum absolute atomic E-state index is 10.1. The molecule has 1 rings (SSSR count). The predicted octanol–water partition coefficient (Wildman–Crippen LogP) is 1.81. The molecule has 0 radical (unpaired) electrons. The van der Waals surface area contributed by atoms with E-state index >= 15 is 0 Å². The molecule has 0 amide bonds. The Morgan fingerprint density at radius 1 is 1.29 bits per heavy atom. The molecule has 0 bridgehead atoms. The van der Waals surface area contributed by atoms with Gasteiger partial charge in [0.25, 0.3) is 0 Å². The van der Waals surface area contributed by atoms with E-state index in [1.807, 2.05) is 0 Å². The summed E-state index contributed by atoms with van der Waals surface area (Å²) >= 11 is 0. The highest BCUT2D eigenvalue weighted by atomic mass is 16.3. The molecule has 3 nitrogen and oxygen atoms in total. The smallest absolute Gasteiger partial charge is 0.0600 e. The fraction of sp³-hybridized carbons (Fsp3) is 1.00.